The van der Waals surface area contributed by atoms with Crippen LogP contribution in [0, 0.1) is 23.2 Å². The van der Waals surface area contributed by atoms with Gasteiger partial charge in [-0.25, -0.2) is 0 Å². The molecule has 0 aromatic heterocycles. The zero-order valence-corrected chi connectivity index (χ0v) is 7.69. The van der Waals surface area contributed by atoms with E-state index in [4.69, 9.17) is 11.0 Å². The first kappa shape index (κ1) is 10.0. The van der Waals surface area contributed by atoms with E-state index in [1.54, 1.807) is 0 Å². The average Bonchev–Trinajstić information content (AvgIpc) is 2.95. The largest absolute Gasteiger partial charge is 0.468 e. The van der Waals surface area contributed by atoms with Crippen molar-refractivity contribution in [2.45, 2.75) is 25.3 Å². The van der Waals surface area contributed by atoms with Gasteiger partial charge in [0, 0.05) is 0 Å². The van der Waals surface area contributed by atoms with Gasteiger partial charge in [-0.15, -0.1) is 0 Å². The second-order valence-electron chi connectivity index (χ2n) is 3.44. The Labute approximate surface area is 77.7 Å². The van der Waals surface area contributed by atoms with Crippen molar-refractivity contribution in [2.24, 2.45) is 17.6 Å². The highest BCUT2D eigenvalue weighted by Gasteiger charge is 2.33. The van der Waals surface area contributed by atoms with Crippen molar-refractivity contribution < 1.29 is 9.53 Å². The molecule has 1 fully saturated rings. The summed E-state index contributed by atoms with van der Waals surface area (Å²) in [6.45, 7) is 0. The monoisotopic (exact) mass is 182 g/mol. The van der Waals surface area contributed by atoms with E-state index in [1.807, 2.05) is 0 Å². The number of methoxy groups -OCH3 is 1. The van der Waals surface area contributed by atoms with E-state index in [-0.39, 0.29) is 5.92 Å². The summed E-state index contributed by atoms with van der Waals surface area (Å²) >= 11 is 0. The van der Waals surface area contributed by atoms with Gasteiger partial charge in [-0.05, 0) is 25.2 Å². The van der Waals surface area contributed by atoms with Crippen molar-refractivity contribution in [3.05, 3.63) is 0 Å². The van der Waals surface area contributed by atoms with Gasteiger partial charge >= 0.3 is 5.97 Å². The topological polar surface area (TPSA) is 76.1 Å². The molecule has 0 bridgehead atoms. The fourth-order valence-electron chi connectivity index (χ4n) is 1.37. The van der Waals surface area contributed by atoms with E-state index in [9.17, 15) is 4.79 Å². The van der Waals surface area contributed by atoms with Gasteiger partial charge in [0.15, 0.2) is 0 Å². The minimum absolute atomic E-state index is 0.0749. The van der Waals surface area contributed by atoms with Gasteiger partial charge in [0.2, 0.25) is 0 Å². The Balaban J connectivity index is 2.37. The molecule has 1 saturated carbocycles. The maximum absolute atomic E-state index is 10.9. The summed E-state index contributed by atoms with van der Waals surface area (Å²) in [6, 6.07) is 1.54. The highest BCUT2D eigenvalue weighted by atomic mass is 16.5. The van der Waals surface area contributed by atoms with Crippen LogP contribution in [-0.2, 0) is 9.53 Å². The van der Waals surface area contributed by atoms with E-state index < -0.39 is 12.0 Å². The van der Waals surface area contributed by atoms with Crippen molar-refractivity contribution >= 4 is 5.97 Å². The van der Waals surface area contributed by atoms with Gasteiger partial charge in [0.25, 0.3) is 0 Å². The molecule has 2 N–H and O–H groups in total. The van der Waals surface area contributed by atoms with Gasteiger partial charge in [-0.3, -0.25) is 4.79 Å². The number of nitrogens with zero attached hydrogens (tertiary/aromatic N) is 1. The van der Waals surface area contributed by atoms with Crippen LogP contribution in [0.4, 0.5) is 0 Å². The molecule has 0 saturated heterocycles. The molecule has 4 nitrogen and oxygen atoms in total. The molecular weight excluding hydrogens is 168 g/mol. The highest BCUT2D eigenvalue weighted by Crippen LogP contribution is 2.38. The van der Waals surface area contributed by atoms with E-state index in [0.717, 1.165) is 12.8 Å². The summed E-state index contributed by atoms with van der Waals surface area (Å²) in [7, 11) is 1.31. The lowest BCUT2D eigenvalue weighted by atomic mass is 9.97. The molecule has 0 aliphatic heterocycles. The van der Waals surface area contributed by atoms with Crippen LogP contribution in [0.3, 0.4) is 0 Å². The number of hydrogen-bond acceptors (Lipinski definition) is 4. The molecule has 0 aromatic rings. The molecule has 0 spiro atoms. The Morgan fingerprint density at radius 2 is 2.38 bits per heavy atom. The lowest BCUT2D eigenvalue weighted by Gasteiger charge is -2.12. The molecule has 0 aromatic carbocycles. The van der Waals surface area contributed by atoms with E-state index >= 15 is 0 Å². The molecule has 1 aliphatic carbocycles. The Kier molecular flexibility index (Phi) is 3.26. The minimum Gasteiger partial charge on any atom is -0.468 e. The van der Waals surface area contributed by atoms with Crippen molar-refractivity contribution in [3.63, 3.8) is 0 Å². The van der Waals surface area contributed by atoms with Crippen LogP contribution in [0.25, 0.3) is 0 Å². The molecule has 1 rings (SSSR count). The molecule has 0 radical (unpaired) electrons. The van der Waals surface area contributed by atoms with Crippen LogP contribution in [0.15, 0.2) is 0 Å². The number of carbonyl (C=O) groups excluding carboxylic acids is 1. The first-order valence-electron chi connectivity index (χ1n) is 4.42. The Bertz CT molecular complexity index is 230. The molecular formula is C9H14N2O2. The van der Waals surface area contributed by atoms with Gasteiger partial charge < -0.3 is 10.5 Å². The first-order chi connectivity index (χ1) is 6.19. The maximum Gasteiger partial charge on any atom is 0.322 e. The average molecular weight is 182 g/mol. The summed E-state index contributed by atoms with van der Waals surface area (Å²) < 4.78 is 4.48. The fourth-order valence-corrected chi connectivity index (χ4v) is 1.37. The third-order valence-electron chi connectivity index (χ3n) is 2.37. The Morgan fingerprint density at radius 3 is 2.77 bits per heavy atom. The summed E-state index contributed by atoms with van der Waals surface area (Å²) in [5, 5.41) is 8.78. The summed E-state index contributed by atoms with van der Waals surface area (Å²) in [6.07, 6.45) is 2.60. The quantitative estimate of drug-likeness (QED) is 0.639. The van der Waals surface area contributed by atoms with Crippen LogP contribution in [-0.4, -0.2) is 19.1 Å². The minimum atomic E-state index is -0.643. The standard InChI is InChI=1S/C9H14N2O2/c1-13-9(12)8(11)4-7(5-10)6-2-3-6/h6-8H,2-4,11H2,1H3. The summed E-state index contributed by atoms with van der Waals surface area (Å²) in [5.41, 5.74) is 5.54. The lowest BCUT2D eigenvalue weighted by molar-refractivity contribution is -0.142. The zero-order valence-electron chi connectivity index (χ0n) is 7.69. The second-order valence-corrected chi connectivity index (χ2v) is 3.44. The number of esters is 1. The third-order valence-corrected chi connectivity index (χ3v) is 2.37. The van der Waals surface area contributed by atoms with Crippen molar-refractivity contribution in [1.82, 2.24) is 0 Å². The van der Waals surface area contributed by atoms with E-state index in [0.29, 0.717) is 12.3 Å². The van der Waals surface area contributed by atoms with Crippen LogP contribution in [0.1, 0.15) is 19.3 Å². The maximum atomic E-state index is 10.9. The second kappa shape index (κ2) is 4.24. The third kappa shape index (κ3) is 2.71. The van der Waals surface area contributed by atoms with Crippen molar-refractivity contribution in [1.29, 1.82) is 5.26 Å². The van der Waals surface area contributed by atoms with Crippen LogP contribution >= 0.6 is 0 Å². The molecule has 0 heterocycles. The van der Waals surface area contributed by atoms with Gasteiger partial charge in [0.1, 0.15) is 6.04 Å². The Morgan fingerprint density at radius 1 is 1.77 bits per heavy atom. The SMILES string of the molecule is COC(=O)C(N)CC(C#N)C1CC1. The highest BCUT2D eigenvalue weighted by molar-refractivity contribution is 5.75. The summed E-state index contributed by atoms with van der Waals surface area (Å²) in [4.78, 5) is 10.9. The molecule has 4 heteroatoms. The molecule has 0 amide bonds. The van der Waals surface area contributed by atoms with Crippen LogP contribution in [0.2, 0.25) is 0 Å². The molecule has 2 atom stereocenters. The lowest BCUT2D eigenvalue weighted by Crippen LogP contribution is -2.33. The van der Waals surface area contributed by atoms with Crippen LogP contribution in [0.5, 0.6) is 0 Å². The zero-order chi connectivity index (χ0) is 9.84. The predicted octanol–water partition coefficient (Wildman–Crippen LogP) is 0.427. The number of carbonyl (C=O) groups is 1. The normalized spacial score (nSPS) is 20.1. The Hall–Kier alpha value is -1.08. The first-order valence-corrected chi connectivity index (χ1v) is 4.42. The number of nitrogens with two attached hydrogens (primary N) is 1. The van der Waals surface area contributed by atoms with Gasteiger partial charge in [-0.1, -0.05) is 0 Å². The van der Waals surface area contributed by atoms with Crippen molar-refractivity contribution in [3.8, 4) is 6.07 Å². The summed E-state index contributed by atoms with van der Waals surface area (Å²) in [5.74, 6) is -0.0456. The van der Waals surface area contributed by atoms with Gasteiger partial charge in [-0.2, -0.15) is 5.26 Å². The van der Waals surface area contributed by atoms with Crippen LogP contribution < -0.4 is 5.73 Å². The number of nitriles is 1. The molecule has 1 aliphatic rings. The van der Waals surface area contributed by atoms with Gasteiger partial charge in [0.05, 0.1) is 19.1 Å². The number of rotatable bonds is 4. The fraction of sp³-hybridized carbons (Fsp3) is 0.778. The van der Waals surface area contributed by atoms with E-state index in [1.165, 1.54) is 7.11 Å². The number of ether oxygens (including phenoxy) is 1. The van der Waals surface area contributed by atoms with Crippen molar-refractivity contribution in [2.75, 3.05) is 7.11 Å². The molecule has 72 valence electrons. The van der Waals surface area contributed by atoms with E-state index in [2.05, 4.69) is 10.8 Å². The number of hydrogen-bond donors (Lipinski definition) is 1. The molecule has 2 unspecified atom stereocenters. The smallest absolute Gasteiger partial charge is 0.322 e. The molecule has 13 heavy (non-hydrogen) atoms. The predicted molar refractivity (Wildman–Crippen MR) is 46.4 cm³/mol.